The van der Waals surface area contributed by atoms with E-state index >= 15 is 0 Å². The van der Waals surface area contributed by atoms with Crippen LogP contribution in [-0.4, -0.2) is 30.3 Å². The fourth-order valence-corrected chi connectivity index (χ4v) is 6.15. The zero-order valence-corrected chi connectivity index (χ0v) is 21.1. The number of nitrogens with one attached hydrogen (secondary N) is 2. The largest absolute Gasteiger partial charge is 0.492 e. The molecule has 1 aliphatic rings. The second-order valence-corrected chi connectivity index (χ2v) is 11.0. The number of benzene rings is 2. The highest BCUT2D eigenvalue weighted by atomic mass is 35.5. The highest BCUT2D eigenvalue weighted by Crippen LogP contribution is 2.45. The Balaban J connectivity index is 1.84. The van der Waals surface area contributed by atoms with Gasteiger partial charge in [-0.1, -0.05) is 24.6 Å². The van der Waals surface area contributed by atoms with E-state index in [0.29, 0.717) is 5.56 Å². The van der Waals surface area contributed by atoms with Gasteiger partial charge in [0.05, 0.1) is 17.2 Å². The second kappa shape index (κ2) is 9.05. The first-order valence-electron chi connectivity index (χ1n) is 10.8. The molecule has 1 aromatic heterocycles. The van der Waals surface area contributed by atoms with Crippen molar-refractivity contribution in [3.63, 3.8) is 0 Å². The number of fused-ring (bicyclic) bond motifs is 1. The lowest BCUT2D eigenvalue weighted by Crippen LogP contribution is -2.35. The van der Waals surface area contributed by atoms with Crippen LogP contribution in [0.15, 0.2) is 38.4 Å². The zero-order chi connectivity index (χ0) is 25.7. The summed E-state index contributed by atoms with van der Waals surface area (Å²) in [7, 11) is -4.38. The number of aliphatic hydroxyl groups is 1. The Kier molecular flexibility index (Phi) is 6.56. The Morgan fingerprint density at radius 3 is 2.66 bits per heavy atom. The molecule has 2 heterocycles. The number of ether oxygens (including phenoxy) is 1. The molecule has 0 amide bonds. The average Bonchev–Trinajstić information content (AvgIpc) is 3.20. The summed E-state index contributed by atoms with van der Waals surface area (Å²) in [6.07, 6.45) is 0.223. The summed E-state index contributed by atoms with van der Waals surface area (Å²) in [5, 5.41) is 16.9. The summed E-state index contributed by atoms with van der Waals surface area (Å²) >= 11 is 6.27. The lowest BCUT2D eigenvalue weighted by atomic mass is 9.88. The predicted molar refractivity (Wildman–Crippen MR) is 126 cm³/mol. The van der Waals surface area contributed by atoms with Gasteiger partial charge < -0.3 is 14.3 Å². The first kappa shape index (κ1) is 25.4. The second-order valence-electron chi connectivity index (χ2n) is 8.86. The minimum absolute atomic E-state index is 0.0740. The Morgan fingerprint density at radius 2 is 2.00 bits per heavy atom. The molecule has 0 fully saturated rings. The molecule has 3 N–H and O–H groups in total. The molecule has 0 aliphatic carbocycles. The van der Waals surface area contributed by atoms with Crippen molar-refractivity contribution in [1.29, 1.82) is 0 Å². The van der Waals surface area contributed by atoms with Crippen molar-refractivity contribution in [2.75, 3.05) is 6.61 Å². The maximum atomic E-state index is 14.9. The van der Waals surface area contributed by atoms with Crippen LogP contribution in [0.5, 0.6) is 5.75 Å². The van der Waals surface area contributed by atoms with Crippen LogP contribution in [0.3, 0.4) is 0 Å². The van der Waals surface area contributed by atoms with E-state index in [2.05, 4.69) is 14.9 Å². The summed E-state index contributed by atoms with van der Waals surface area (Å²) in [5.74, 6) is -2.59. The van der Waals surface area contributed by atoms with Gasteiger partial charge in [-0.3, -0.25) is 0 Å². The van der Waals surface area contributed by atoms with Crippen molar-refractivity contribution in [2.45, 2.75) is 56.6 Å². The van der Waals surface area contributed by atoms with E-state index in [4.69, 9.17) is 20.8 Å². The molecule has 0 spiro atoms. The molecule has 0 saturated carbocycles. The number of hydrogen-bond donors (Lipinski definition) is 3. The number of sulfonamides is 1. The molecule has 188 valence electrons. The standard InChI is InChI=1S/C23H25ClFN3O6S/c1-11-5-7-15(25)17(12(11)2)13(3)19(21-26-27-22(29)34-21)28-35(31,32)16-8-6-14(24)18-20(16)33-10-9-23(18,4)30/h5-8,13,19,28,30H,9-10H2,1-4H3,(H,27,29)/t13-,19+,23+/m1/s1. The monoisotopic (exact) mass is 525 g/mol. The lowest BCUT2D eigenvalue weighted by molar-refractivity contribution is 0.0135. The van der Waals surface area contributed by atoms with E-state index in [1.165, 1.54) is 25.1 Å². The number of rotatable bonds is 6. The van der Waals surface area contributed by atoms with Crippen molar-refractivity contribution < 1.29 is 27.1 Å². The Labute approximate surface area is 206 Å². The smallest absolute Gasteiger partial charge is 0.434 e. The summed E-state index contributed by atoms with van der Waals surface area (Å²) < 4.78 is 55.4. The van der Waals surface area contributed by atoms with Crippen LogP contribution in [0.25, 0.3) is 0 Å². The first-order valence-corrected chi connectivity index (χ1v) is 12.7. The average molecular weight is 526 g/mol. The predicted octanol–water partition coefficient (Wildman–Crippen LogP) is 3.59. The molecule has 2 aromatic carbocycles. The molecular formula is C23H25ClFN3O6S. The van der Waals surface area contributed by atoms with Crippen LogP contribution in [0.1, 0.15) is 60.4 Å². The number of aryl methyl sites for hydroxylation is 1. The van der Waals surface area contributed by atoms with Crippen LogP contribution in [0.2, 0.25) is 5.02 Å². The van der Waals surface area contributed by atoms with Gasteiger partial charge in [0.2, 0.25) is 15.9 Å². The topological polar surface area (TPSA) is 135 Å². The third-order valence-electron chi connectivity index (χ3n) is 6.42. The van der Waals surface area contributed by atoms with Gasteiger partial charge >= 0.3 is 5.76 Å². The summed E-state index contributed by atoms with van der Waals surface area (Å²) in [6.45, 7) is 6.73. The number of halogens is 2. The first-order chi connectivity index (χ1) is 16.3. The number of nitrogens with zero attached hydrogens (tertiary/aromatic N) is 1. The normalized spacial score (nSPS) is 19.6. The van der Waals surface area contributed by atoms with Crippen molar-refractivity contribution in [3.8, 4) is 5.75 Å². The van der Waals surface area contributed by atoms with Gasteiger partial charge in [-0.25, -0.2) is 22.7 Å². The van der Waals surface area contributed by atoms with Crippen LogP contribution < -0.4 is 15.2 Å². The minimum Gasteiger partial charge on any atom is -0.492 e. The van der Waals surface area contributed by atoms with Crippen LogP contribution in [0.4, 0.5) is 4.39 Å². The number of aromatic amines is 1. The number of hydrogen-bond acceptors (Lipinski definition) is 7. The van der Waals surface area contributed by atoms with Crippen molar-refractivity contribution >= 4 is 21.6 Å². The Morgan fingerprint density at radius 1 is 1.29 bits per heavy atom. The molecule has 35 heavy (non-hydrogen) atoms. The van der Waals surface area contributed by atoms with Crippen LogP contribution in [0, 0.1) is 19.7 Å². The molecule has 3 atom stereocenters. The SMILES string of the molecule is Cc1ccc(F)c([C@@H](C)[C@H](NS(=O)(=O)c2ccc(Cl)c3c2OCC[C@]3(C)O)c2n[nH]c(=O)o2)c1C. The molecule has 4 rings (SSSR count). The molecule has 0 radical (unpaired) electrons. The third kappa shape index (κ3) is 4.61. The van der Waals surface area contributed by atoms with Gasteiger partial charge in [0.25, 0.3) is 0 Å². The van der Waals surface area contributed by atoms with E-state index in [-0.39, 0.29) is 45.7 Å². The zero-order valence-electron chi connectivity index (χ0n) is 19.5. The summed E-state index contributed by atoms with van der Waals surface area (Å²) in [4.78, 5) is 11.4. The third-order valence-corrected chi connectivity index (χ3v) is 8.20. The van der Waals surface area contributed by atoms with Gasteiger partial charge in [-0.2, -0.15) is 4.72 Å². The van der Waals surface area contributed by atoms with E-state index < -0.39 is 39.2 Å². The van der Waals surface area contributed by atoms with Gasteiger partial charge in [0.15, 0.2) is 0 Å². The molecule has 0 unspecified atom stereocenters. The highest BCUT2D eigenvalue weighted by Gasteiger charge is 2.39. The van der Waals surface area contributed by atoms with Crippen molar-refractivity contribution in [1.82, 2.24) is 14.9 Å². The maximum Gasteiger partial charge on any atom is 0.434 e. The van der Waals surface area contributed by atoms with E-state index in [1.54, 1.807) is 19.9 Å². The fraction of sp³-hybridized carbons (Fsp3) is 0.391. The maximum absolute atomic E-state index is 14.9. The van der Waals surface area contributed by atoms with Crippen LogP contribution in [-0.2, 0) is 15.6 Å². The van der Waals surface area contributed by atoms with E-state index in [0.717, 1.165) is 5.56 Å². The molecule has 9 nitrogen and oxygen atoms in total. The molecule has 3 aromatic rings. The van der Waals surface area contributed by atoms with E-state index in [1.807, 2.05) is 6.92 Å². The Bertz CT molecular complexity index is 1450. The number of aromatic nitrogens is 2. The number of H-pyrrole nitrogens is 1. The lowest BCUT2D eigenvalue weighted by Gasteiger charge is -2.33. The molecule has 0 bridgehead atoms. The van der Waals surface area contributed by atoms with Gasteiger partial charge in [-0.15, -0.1) is 5.10 Å². The quantitative estimate of drug-likeness (QED) is 0.447. The molecule has 0 saturated heterocycles. The highest BCUT2D eigenvalue weighted by molar-refractivity contribution is 7.89. The van der Waals surface area contributed by atoms with Crippen molar-refractivity contribution in [3.05, 3.63) is 73.8 Å². The minimum atomic E-state index is -4.38. The van der Waals surface area contributed by atoms with Gasteiger partial charge in [-0.05, 0) is 55.7 Å². The summed E-state index contributed by atoms with van der Waals surface area (Å²) in [6, 6.07) is 4.27. The molecule has 12 heteroatoms. The van der Waals surface area contributed by atoms with Crippen LogP contribution >= 0.6 is 11.6 Å². The van der Waals surface area contributed by atoms with Gasteiger partial charge in [0.1, 0.15) is 22.5 Å². The summed E-state index contributed by atoms with van der Waals surface area (Å²) in [5.41, 5.74) is 0.439. The molecule has 1 aliphatic heterocycles. The van der Waals surface area contributed by atoms with Crippen molar-refractivity contribution in [2.24, 2.45) is 0 Å². The Hall–Kier alpha value is -2.73. The fourth-order valence-electron chi connectivity index (χ4n) is 4.37. The molecular weight excluding hydrogens is 501 g/mol. The van der Waals surface area contributed by atoms with Gasteiger partial charge in [0, 0.05) is 17.9 Å². The van der Waals surface area contributed by atoms with E-state index in [9.17, 15) is 22.7 Å².